The molecule has 0 aliphatic carbocycles. The van der Waals surface area contributed by atoms with E-state index < -0.39 is 0 Å². The fourth-order valence-electron chi connectivity index (χ4n) is 0.736. The van der Waals surface area contributed by atoms with E-state index >= 15 is 0 Å². The summed E-state index contributed by atoms with van der Waals surface area (Å²) in [5.74, 6) is 0. The zero-order valence-corrected chi connectivity index (χ0v) is 10.3. The van der Waals surface area contributed by atoms with Gasteiger partial charge in [-0.25, -0.2) is 0 Å². The van der Waals surface area contributed by atoms with Crippen molar-refractivity contribution < 1.29 is 10.2 Å². The molecule has 3 nitrogen and oxygen atoms in total. The van der Waals surface area contributed by atoms with Crippen molar-refractivity contribution in [3.63, 3.8) is 0 Å². The molecule has 1 rings (SSSR count). The number of hydrogen-bond donors (Lipinski definition) is 1. The van der Waals surface area contributed by atoms with Crippen molar-refractivity contribution in [3.8, 4) is 0 Å². The van der Waals surface area contributed by atoms with Crippen molar-refractivity contribution in [1.82, 2.24) is 5.32 Å². The molecule has 14 heavy (non-hydrogen) atoms. The van der Waals surface area contributed by atoms with Gasteiger partial charge < -0.3 is 15.5 Å². The number of hydrogen-bond acceptors (Lipinski definition) is 2. The molecule has 0 saturated heterocycles. The summed E-state index contributed by atoms with van der Waals surface area (Å²) in [6.45, 7) is 11.2. The number of ether oxygens (including phenoxy) is 1. The molecule has 0 aromatic heterocycles. The standard InChI is InChI=1S/C6H11N.C3H8O.C2H6.H2O/c1-6-2-4-7-5-3-6;1-3-4-2;1-2;/h2,7H,3-5H2,1H3;3H2,1-2H3;1-2H3;1H2. The number of rotatable bonds is 1. The zero-order valence-electron chi connectivity index (χ0n) is 10.3. The van der Waals surface area contributed by atoms with Gasteiger partial charge in [-0.15, -0.1) is 0 Å². The van der Waals surface area contributed by atoms with Crippen LogP contribution in [0.3, 0.4) is 0 Å². The lowest BCUT2D eigenvalue weighted by Gasteiger charge is -2.08. The van der Waals surface area contributed by atoms with E-state index in [1.165, 1.54) is 18.5 Å². The van der Waals surface area contributed by atoms with Gasteiger partial charge in [0, 0.05) is 20.3 Å². The summed E-state index contributed by atoms with van der Waals surface area (Å²) >= 11 is 0. The normalized spacial score (nSPS) is 13.4. The van der Waals surface area contributed by atoms with Crippen molar-refractivity contribution in [1.29, 1.82) is 0 Å². The molecule has 0 spiro atoms. The number of methoxy groups -OCH3 is 1. The van der Waals surface area contributed by atoms with Gasteiger partial charge in [0.25, 0.3) is 0 Å². The first kappa shape index (κ1) is 19.2. The van der Waals surface area contributed by atoms with Gasteiger partial charge in [-0.05, 0) is 26.8 Å². The van der Waals surface area contributed by atoms with Crippen molar-refractivity contribution in [3.05, 3.63) is 11.6 Å². The van der Waals surface area contributed by atoms with Crippen molar-refractivity contribution in [2.24, 2.45) is 0 Å². The van der Waals surface area contributed by atoms with Gasteiger partial charge in [-0.1, -0.05) is 25.5 Å². The Morgan fingerprint density at radius 2 is 1.93 bits per heavy atom. The highest BCUT2D eigenvalue weighted by molar-refractivity contribution is 5.02. The van der Waals surface area contributed by atoms with Crippen LogP contribution in [0.1, 0.15) is 34.1 Å². The average molecular weight is 205 g/mol. The Bertz CT molecular complexity index is 112. The Labute approximate surface area is 88.8 Å². The second-order valence-electron chi connectivity index (χ2n) is 2.58. The van der Waals surface area contributed by atoms with Crippen LogP contribution in [0.25, 0.3) is 0 Å². The Morgan fingerprint density at radius 3 is 2.07 bits per heavy atom. The molecule has 3 N–H and O–H groups in total. The molecular weight excluding hydrogens is 178 g/mol. The first-order chi connectivity index (χ1) is 6.31. The van der Waals surface area contributed by atoms with Gasteiger partial charge in [-0.3, -0.25) is 0 Å². The molecule has 1 heterocycles. The molecule has 0 radical (unpaired) electrons. The predicted molar refractivity (Wildman–Crippen MR) is 63.8 cm³/mol. The first-order valence-corrected chi connectivity index (χ1v) is 5.16. The summed E-state index contributed by atoms with van der Waals surface area (Å²) in [5.41, 5.74) is 1.53. The van der Waals surface area contributed by atoms with Crippen LogP contribution in [0.5, 0.6) is 0 Å². The Hall–Kier alpha value is -0.380. The molecule has 1 aliphatic rings. The maximum Gasteiger partial charge on any atom is 0.0433 e. The smallest absolute Gasteiger partial charge is 0.0433 e. The SMILES string of the molecule is CC.CC1=CCNCC1.CCOC.O. The Morgan fingerprint density at radius 1 is 1.43 bits per heavy atom. The third kappa shape index (κ3) is 17.6. The molecule has 88 valence electrons. The van der Waals surface area contributed by atoms with E-state index in [4.69, 9.17) is 0 Å². The minimum absolute atomic E-state index is 0. The van der Waals surface area contributed by atoms with Crippen LogP contribution in [-0.2, 0) is 4.74 Å². The van der Waals surface area contributed by atoms with Crippen LogP contribution in [0.4, 0.5) is 0 Å². The molecule has 0 bridgehead atoms. The highest BCUT2D eigenvalue weighted by Gasteiger charge is 1.93. The zero-order chi connectivity index (χ0) is 10.5. The first-order valence-electron chi connectivity index (χ1n) is 5.16. The minimum Gasteiger partial charge on any atom is -0.412 e. The second kappa shape index (κ2) is 18.4. The van der Waals surface area contributed by atoms with Crippen molar-refractivity contribution >= 4 is 0 Å². The molecule has 0 aromatic carbocycles. The molecule has 0 aromatic rings. The third-order valence-corrected chi connectivity index (χ3v) is 1.58. The van der Waals surface area contributed by atoms with Crippen molar-refractivity contribution in [2.45, 2.75) is 34.1 Å². The minimum atomic E-state index is 0. The summed E-state index contributed by atoms with van der Waals surface area (Å²) in [6, 6.07) is 0. The molecule has 0 atom stereocenters. The summed E-state index contributed by atoms with van der Waals surface area (Å²) < 4.78 is 4.54. The molecule has 3 heteroatoms. The molecule has 0 unspecified atom stereocenters. The number of nitrogens with one attached hydrogen (secondary N) is 1. The van der Waals surface area contributed by atoms with Crippen LogP contribution < -0.4 is 5.32 Å². The van der Waals surface area contributed by atoms with E-state index in [9.17, 15) is 0 Å². The van der Waals surface area contributed by atoms with Crippen LogP contribution >= 0.6 is 0 Å². The van der Waals surface area contributed by atoms with Gasteiger partial charge in [0.2, 0.25) is 0 Å². The Kier molecular flexibility index (Phi) is 25.3. The molecule has 0 amide bonds. The van der Waals surface area contributed by atoms with Gasteiger partial charge in [-0.2, -0.15) is 0 Å². The summed E-state index contributed by atoms with van der Waals surface area (Å²) in [7, 11) is 1.68. The average Bonchev–Trinajstić information content (AvgIpc) is 2.22. The van der Waals surface area contributed by atoms with Gasteiger partial charge in [0.1, 0.15) is 0 Å². The molecule has 1 aliphatic heterocycles. The van der Waals surface area contributed by atoms with E-state index in [1.54, 1.807) is 7.11 Å². The molecular formula is C11H27NO2. The lowest BCUT2D eigenvalue weighted by molar-refractivity contribution is 0.215. The van der Waals surface area contributed by atoms with E-state index in [2.05, 4.69) is 23.1 Å². The maximum atomic E-state index is 4.54. The quantitative estimate of drug-likeness (QED) is 0.663. The summed E-state index contributed by atoms with van der Waals surface area (Å²) in [6.07, 6.45) is 3.48. The monoisotopic (exact) mass is 205 g/mol. The van der Waals surface area contributed by atoms with E-state index in [-0.39, 0.29) is 5.48 Å². The second-order valence-corrected chi connectivity index (χ2v) is 2.58. The van der Waals surface area contributed by atoms with Crippen LogP contribution in [-0.4, -0.2) is 32.3 Å². The largest absolute Gasteiger partial charge is 0.412 e. The van der Waals surface area contributed by atoms with Crippen LogP contribution in [0.2, 0.25) is 0 Å². The Balaban J connectivity index is -0.000000152. The lowest BCUT2D eigenvalue weighted by Crippen LogP contribution is -2.19. The van der Waals surface area contributed by atoms with Gasteiger partial charge in [0.15, 0.2) is 0 Å². The highest BCUT2D eigenvalue weighted by Crippen LogP contribution is 1.99. The summed E-state index contributed by atoms with van der Waals surface area (Å²) in [5, 5.41) is 3.24. The maximum absolute atomic E-state index is 4.54. The fourth-order valence-corrected chi connectivity index (χ4v) is 0.736. The molecule has 0 saturated carbocycles. The van der Waals surface area contributed by atoms with E-state index in [0.29, 0.717) is 0 Å². The lowest BCUT2D eigenvalue weighted by atomic mass is 10.1. The van der Waals surface area contributed by atoms with Gasteiger partial charge in [0.05, 0.1) is 0 Å². The summed E-state index contributed by atoms with van der Waals surface area (Å²) in [4.78, 5) is 0. The molecule has 0 fully saturated rings. The van der Waals surface area contributed by atoms with E-state index in [0.717, 1.165) is 13.2 Å². The predicted octanol–water partition coefficient (Wildman–Crippen LogP) is 1.78. The van der Waals surface area contributed by atoms with Crippen molar-refractivity contribution in [2.75, 3.05) is 26.8 Å². The van der Waals surface area contributed by atoms with Crippen LogP contribution in [0, 0.1) is 0 Å². The van der Waals surface area contributed by atoms with Gasteiger partial charge >= 0.3 is 0 Å². The van der Waals surface area contributed by atoms with Crippen LogP contribution in [0.15, 0.2) is 11.6 Å². The fraction of sp³-hybridized carbons (Fsp3) is 0.818. The van der Waals surface area contributed by atoms with E-state index in [1.807, 2.05) is 20.8 Å². The third-order valence-electron chi connectivity index (χ3n) is 1.58. The highest BCUT2D eigenvalue weighted by atomic mass is 16.5. The topological polar surface area (TPSA) is 52.8 Å².